The predicted molar refractivity (Wildman–Crippen MR) is 154 cm³/mol. The number of benzene rings is 1. The van der Waals surface area contributed by atoms with Crippen molar-refractivity contribution in [3.63, 3.8) is 0 Å². The zero-order valence-electron chi connectivity index (χ0n) is 23.3. The van der Waals surface area contributed by atoms with Crippen LogP contribution in [0.5, 0.6) is 0 Å². The summed E-state index contributed by atoms with van der Waals surface area (Å²) < 4.78 is 0. The van der Waals surface area contributed by atoms with Crippen molar-refractivity contribution in [2.45, 2.75) is 129 Å². The molecule has 1 aromatic carbocycles. The van der Waals surface area contributed by atoms with Gasteiger partial charge in [0.05, 0.1) is 6.04 Å². The van der Waals surface area contributed by atoms with Gasteiger partial charge in [-0.15, -0.1) is 0 Å². The molecule has 0 unspecified atom stereocenters. The van der Waals surface area contributed by atoms with Crippen molar-refractivity contribution >= 4 is 22.7 Å². The van der Waals surface area contributed by atoms with E-state index in [2.05, 4.69) is 22.5 Å². The summed E-state index contributed by atoms with van der Waals surface area (Å²) >= 11 is 0. The second-order valence-electron chi connectivity index (χ2n) is 10.6. The zero-order valence-corrected chi connectivity index (χ0v) is 23.3. The highest BCUT2D eigenvalue weighted by Crippen LogP contribution is 2.15. The molecule has 0 aliphatic heterocycles. The number of H-pyrrole nitrogens is 1. The fraction of sp³-hybridized carbons (Fsp3) is 0.677. The summed E-state index contributed by atoms with van der Waals surface area (Å²) in [6.07, 6.45) is 19.7. The van der Waals surface area contributed by atoms with Crippen LogP contribution in [0.2, 0.25) is 0 Å². The largest absolute Gasteiger partial charge is 0.381 e. The summed E-state index contributed by atoms with van der Waals surface area (Å²) in [7, 11) is 0. The summed E-state index contributed by atoms with van der Waals surface area (Å²) in [5, 5.41) is 16.8. The molecule has 1 heterocycles. The minimum Gasteiger partial charge on any atom is -0.381 e. The molecular weight excluding hydrogens is 462 g/mol. The molecule has 0 aliphatic rings. The maximum absolute atomic E-state index is 12.5. The van der Waals surface area contributed by atoms with E-state index < -0.39 is 18.1 Å². The van der Waals surface area contributed by atoms with Gasteiger partial charge in [0, 0.05) is 17.4 Å². The minimum atomic E-state index is -1.28. The first kappa shape index (κ1) is 30.9. The van der Waals surface area contributed by atoms with Gasteiger partial charge in [-0.1, -0.05) is 121 Å². The molecule has 0 fully saturated rings. The fourth-order valence-corrected chi connectivity index (χ4v) is 4.78. The van der Waals surface area contributed by atoms with Gasteiger partial charge in [0.2, 0.25) is 0 Å². The highest BCUT2D eigenvalue weighted by Gasteiger charge is 2.24. The second kappa shape index (κ2) is 18.8. The lowest BCUT2D eigenvalue weighted by Crippen LogP contribution is -2.49. The third-order valence-corrected chi connectivity index (χ3v) is 7.21. The number of nitrogens with one attached hydrogen (secondary N) is 3. The number of unbranched alkanes of at least 4 members (excludes halogenated alkanes) is 15. The third-order valence-electron chi connectivity index (χ3n) is 7.21. The van der Waals surface area contributed by atoms with E-state index in [4.69, 9.17) is 0 Å². The van der Waals surface area contributed by atoms with Crippen molar-refractivity contribution < 1.29 is 14.7 Å². The van der Waals surface area contributed by atoms with E-state index in [-0.39, 0.29) is 5.91 Å². The van der Waals surface area contributed by atoms with Gasteiger partial charge in [-0.3, -0.25) is 9.59 Å². The molecule has 208 valence electrons. The van der Waals surface area contributed by atoms with Gasteiger partial charge >= 0.3 is 0 Å². The SMILES string of the molecule is CCCCCCCCCCCCCCCCCCNC(=O)[C@H](O)[C@H](C)NC(=O)c1cc2ccccc2[nH]1. The molecular formula is C31H51N3O3. The summed E-state index contributed by atoms with van der Waals surface area (Å²) in [6.45, 7) is 4.46. The normalized spacial score (nSPS) is 12.9. The number of carbonyl (C=O) groups excluding carboxylic acids is 2. The highest BCUT2D eigenvalue weighted by molar-refractivity contribution is 5.98. The van der Waals surface area contributed by atoms with Crippen LogP contribution in [0.25, 0.3) is 10.9 Å². The molecule has 2 amide bonds. The maximum atomic E-state index is 12.5. The number of fused-ring (bicyclic) bond motifs is 1. The topological polar surface area (TPSA) is 94.2 Å². The van der Waals surface area contributed by atoms with Crippen molar-refractivity contribution in [2.75, 3.05) is 6.54 Å². The van der Waals surface area contributed by atoms with Gasteiger partial charge in [0.1, 0.15) is 5.69 Å². The summed E-state index contributed by atoms with van der Waals surface area (Å²) in [4.78, 5) is 27.8. The van der Waals surface area contributed by atoms with E-state index in [0.29, 0.717) is 12.2 Å². The average Bonchev–Trinajstić information content (AvgIpc) is 3.34. The van der Waals surface area contributed by atoms with Crippen molar-refractivity contribution in [2.24, 2.45) is 0 Å². The van der Waals surface area contributed by atoms with E-state index in [1.807, 2.05) is 24.3 Å². The Kier molecular flexibility index (Phi) is 15.7. The Balaban J connectivity index is 1.43. The lowest BCUT2D eigenvalue weighted by Gasteiger charge is -2.19. The predicted octanol–water partition coefficient (Wildman–Crippen LogP) is 7.02. The molecule has 0 spiro atoms. The first-order valence-corrected chi connectivity index (χ1v) is 14.9. The van der Waals surface area contributed by atoms with Crippen LogP contribution in [-0.4, -0.2) is 40.6 Å². The van der Waals surface area contributed by atoms with Crippen LogP contribution in [-0.2, 0) is 4.79 Å². The first-order chi connectivity index (χ1) is 18.0. The molecule has 0 bridgehead atoms. The van der Waals surface area contributed by atoms with Gasteiger partial charge in [-0.2, -0.15) is 0 Å². The number of rotatable bonds is 21. The first-order valence-electron chi connectivity index (χ1n) is 14.9. The Morgan fingerprint density at radius 2 is 1.32 bits per heavy atom. The number of carbonyl (C=O) groups is 2. The monoisotopic (exact) mass is 513 g/mol. The molecule has 0 aliphatic carbocycles. The van der Waals surface area contributed by atoms with E-state index in [0.717, 1.165) is 23.7 Å². The molecule has 0 saturated heterocycles. The molecule has 0 radical (unpaired) electrons. The molecule has 6 nitrogen and oxygen atoms in total. The van der Waals surface area contributed by atoms with Crippen LogP contribution in [0, 0.1) is 0 Å². The number of hydrogen-bond donors (Lipinski definition) is 4. The van der Waals surface area contributed by atoms with E-state index in [1.54, 1.807) is 13.0 Å². The van der Waals surface area contributed by atoms with Crippen LogP contribution in [0.15, 0.2) is 30.3 Å². The molecule has 6 heteroatoms. The van der Waals surface area contributed by atoms with Gasteiger partial charge in [0.25, 0.3) is 11.8 Å². The molecule has 4 N–H and O–H groups in total. The van der Waals surface area contributed by atoms with Crippen molar-refractivity contribution in [1.82, 2.24) is 15.6 Å². The van der Waals surface area contributed by atoms with E-state index in [9.17, 15) is 14.7 Å². The highest BCUT2D eigenvalue weighted by atomic mass is 16.3. The van der Waals surface area contributed by atoms with Gasteiger partial charge in [-0.25, -0.2) is 0 Å². The maximum Gasteiger partial charge on any atom is 0.268 e. The quantitative estimate of drug-likeness (QED) is 0.135. The molecule has 1 aromatic heterocycles. The van der Waals surface area contributed by atoms with Gasteiger partial charge in [0.15, 0.2) is 6.10 Å². The summed E-state index contributed by atoms with van der Waals surface area (Å²) in [5.41, 5.74) is 1.28. The Bertz CT molecular complexity index is 862. The summed E-state index contributed by atoms with van der Waals surface area (Å²) in [5.74, 6) is -0.779. The molecule has 2 aromatic rings. The smallest absolute Gasteiger partial charge is 0.268 e. The third kappa shape index (κ3) is 12.6. The number of aromatic nitrogens is 1. The zero-order chi connectivity index (χ0) is 26.7. The molecule has 37 heavy (non-hydrogen) atoms. The second-order valence-corrected chi connectivity index (χ2v) is 10.6. The Hall–Kier alpha value is -2.34. The fourth-order valence-electron chi connectivity index (χ4n) is 4.78. The number of hydrogen-bond acceptors (Lipinski definition) is 3. The van der Waals surface area contributed by atoms with Crippen LogP contribution in [0.4, 0.5) is 0 Å². The molecule has 2 atom stereocenters. The van der Waals surface area contributed by atoms with Crippen LogP contribution < -0.4 is 10.6 Å². The van der Waals surface area contributed by atoms with Gasteiger partial charge < -0.3 is 20.7 Å². The standard InChI is InChI=1S/C31H51N3O3/c1-3-4-5-6-7-8-9-10-11-12-13-14-15-16-17-20-23-32-31(37)29(35)25(2)33-30(36)28-24-26-21-18-19-22-27(26)34-28/h18-19,21-22,24-25,29,34-35H,3-17,20,23H2,1-2H3,(H,32,37)(H,33,36)/t25-,29+/m0/s1. The minimum absolute atomic E-state index is 0.339. The Morgan fingerprint density at radius 1 is 0.811 bits per heavy atom. The van der Waals surface area contributed by atoms with Crippen LogP contribution in [0.1, 0.15) is 127 Å². The lowest BCUT2D eigenvalue weighted by molar-refractivity contribution is -0.130. The number of aromatic amines is 1. The average molecular weight is 514 g/mol. The Morgan fingerprint density at radius 3 is 1.86 bits per heavy atom. The van der Waals surface area contributed by atoms with Crippen molar-refractivity contribution in [1.29, 1.82) is 0 Å². The molecule has 2 rings (SSSR count). The van der Waals surface area contributed by atoms with Crippen LogP contribution >= 0.6 is 0 Å². The number of para-hydroxylation sites is 1. The van der Waals surface area contributed by atoms with E-state index >= 15 is 0 Å². The molecule has 0 saturated carbocycles. The van der Waals surface area contributed by atoms with Crippen molar-refractivity contribution in [3.05, 3.63) is 36.0 Å². The Labute approximate surface area is 224 Å². The van der Waals surface area contributed by atoms with Crippen molar-refractivity contribution in [3.8, 4) is 0 Å². The summed E-state index contributed by atoms with van der Waals surface area (Å²) in [6, 6.07) is 8.71. The van der Waals surface area contributed by atoms with Crippen LogP contribution in [0.3, 0.4) is 0 Å². The lowest BCUT2D eigenvalue weighted by atomic mass is 10.0. The number of aliphatic hydroxyl groups is 1. The number of aliphatic hydroxyl groups excluding tert-OH is 1. The van der Waals surface area contributed by atoms with E-state index in [1.165, 1.54) is 89.9 Å². The number of amides is 2. The van der Waals surface area contributed by atoms with Gasteiger partial charge in [-0.05, 0) is 25.5 Å².